The minimum Gasteiger partial charge on any atom is -0.481 e. The van der Waals surface area contributed by atoms with Gasteiger partial charge in [-0.2, -0.15) is 0 Å². The SMILES string of the molecule is CC(=O)NC1C(OCCCCC(=O)O)OC(CO)C(O)C1OC(=O)c1ccccc1. The highest BCUT2D eigenvalue weighted by Crippen LogP contribution is 2.26. The molecule has 5 unspecified atom stereocenters. The quantitative estimate of drug-likeness (QED) is 0.301. The van der Waals surface area contributed by atoms with Crippen molar-refractivity contribution in [2.75, 3.05) is 13.2 Å². The molecule has 1 heterocycles. The molecule has 1 aliphatic rings. The lowest BCUT2D eigenvalue weighted by Crippen LogP contribution is -2.65. The van der Waals surface area contributed by atoms with Gasteiger partial charge in [0, 0.05) is 20.0 Å². The van der Waals surface area contributed by atoms with Crippen LogP contribution in [0.3, 0.4) is 0 Å². The zero-order chi connectivity index (χ0) is 22.1. The van der Waals surface area contributed by atoms with E-state index in [4.69, 9.17) is 19.3 Å². The van der Waals surface area contributed by atoms with Crippen LogP contribution in [0.4, 0.5) is 0 Å². The molecule has 0 spiro atoms. The molecule has 10 nitrogen and oxygen atoms in total. The first-order valence-electron chi connectivity index (χ1n) is 9.64. The topological polar surface area (TPSA) is 152 Å². The van der Waals surface area contributed by atoms with E-state index in [9.17, 15) is 24.6 Å². The summed E-state index contributed by atoms with van der Waals surface area (Å²) in [4.78, 5) is 34.8. The number of carbonyl (C=O) groups is 3. The number of hydrogen-bond donors (Lipinski definition) is 4. The Kier molecular flexibility index (Phi) is 9.18. The fourth-order valence-electron chi connectivity index (χ4n) is 3.08. The molecule has 1 amide bonds. The fourth-order valence-corrected chi connectivity index (χ4v) is 3.08. The minimum absolute atomic E-state index is 0.0146. The second kappa shape index (κ2) is 11.6. The normalized spacial score (nSPS) is 26.0. The number of benzene rings is 1. The number of aliphatic carboxylic acids is 1. The molecule has 5 atom stereocenters. The maximum Gasteiger partial charge on any atom is 0.338 e. The predicted molar refractivity (Wildman–Crippen MR) is 102 cm³/mol. The van der Waals surface area contributed by atoms with Gasteiger partial charge in [0.15, 0.2) is 12.4 Å². The molecule has 0 radical (unpaired) electrons. The summed E-state index contributed by atoms with van der Waals surface area (Å²) in [6.45, 7) is 0.804. The van der Waals surface area contributed by atoms with Gasteiger partial charge < -0.3 is 34.8 Å². The molecule has 1 aliphatic heterocycles. The van der Waals surface area contributed by atoms with Crippen molar-refractivity contribution < 1.29 is 43.9 Å². The van der Waals surface area contributed by atoms with E-state index < -0.39 is 55.1 Å². The van der Waals surface area contributed by atoms with E-state index in [0.29, 0.717) is 12.8 Å². The third kappa shape index (κ3) is 6.77. The Hall–Kier alpha value is -2.53. The number of hydrogen-bond acceptors (Lipinski definition) is 8. The monoisotopic (exact) mass is 425 g/mol. The fraction of sp³-hybridized carbons (Fsp3) is 0.550. The van der Waals surface area contributed by atoms with Crippen LogP contribution in [0.1, 0.15) is 36.5 Å². The van der Waals surface area contributed by atoms with Crippen LogP contribution in [0.25, 0.3) is 0 Å². The maximum atomic E-state index is 12.5. The number of carboxylic acids is 1. The molecular formula is C20H27NO9. The van der Waals surface area contributed by atoms with Crippen molar-refractivity contribution in [2.45, 2.75) is 56.8 Å². The average Bonchev–Trinajstić information content (AvgIpc) is 2.71. The van der Waals surface area contributed by atoms with E-state index in [0.717, 1.165) is 0 Å². The summed E-state index contributed by atoms with van der Waals surface area (Å²) >= 11 is 0. The molecular weight excluding hydrogens is 398 g/mol. The lowest BCUT2D eigenvalue weighted by atomic mass is 9.96. The molecule has 0 aromatic heterocycles. The Morgan fingerprint density at radius 2 is 1.87 bits per heavy atom. The Bertz CT molecular complexity index is 711. The standard InChI is InChI=1S/C20H27NO9/c1-12(23)21-16-18(30-19(27)13-7-3-2-4-8-13)17(26)14(11-22)29-20(16)28-10-6-5-9-15(24)25/h2-4,7-8,14,16-18,20,22,26H,5-6,9-11H2,1H3,(H,21,23)(H,24,25). The van der Waals surface area contributed by atoms with Gasteiger partial charge in [-0.25, -0.2) is 4.79 Å². The number of carbonyl (C=O) groups excluding carboxylic acids is 2. The number of ether oxygens (including phenoxy) is 3. The van der Waals surface area contributed by atoms with Crippen LogP contribution in [0, 0.1) is 0 Å². The summed E-state index contributed by atoms with van der Waals surface area (Å²) in [5.41, 5.74) is 0.254. The number of rotatable bonds is 10. The van der Waals surface area contributed by atoms with Gasteiger partial charge in [0.2, 0.25) is 5.91 Å². The lowest BCUT2D eigenvalue weighted by Gasteiger charge is -2.43. The molecule has 1 saturated heterocycles. The van der Waals surface area contributed by atoms with Gasteiger partial charge in [0.05, 0.1) is 12.2 Å². The molecule has 1 fully saturated rings. The van der Waals surface area contributed by atoms with Gasteiger partial charge in [-0.15, -0.1) is 0 Å². The molecule has 0 bridgehead atoms. The summed E-state index contributed by atoms with van der Waals surface area (Å²) in [5.74, 6) is -2.09. The second-order valence-electron chi connectivity index (χ2n) is 6.90. The van der Waals surface area contributed by atoms with Gasteiger partial charge >= 0.3 is 11.9 Å². The van der Waals surface area contributed by atoms with Crippen LogP contribution in [-0.4, -0.2) is 77.0 Å². The smallest absolute Gasteiger partial charge is 0.338 e. The molecule has 1 aromatic rings. The largest absolute Gasteiger partial charge is 0.481 e. The number of aliphatic hydroxyl groups is 2. The Balaban J connectivity index is 2.14. The highest BCUT2D eigenvalue weighted by Gasteiger charge is 2.48. The van der Waals surface area contributed by atoms with Gasteiger partial charge in [-0.1, -0.05) is 18.2 Å². The summed E-state index contributed by atoms with van der Waals surface area (Å²) in [7, 11) is 0. The minimum atomic E-state index is -1.41. The van der Waals surface area contributed by atoms with E-state index in [-0.39, 0.29) is 18.6 Å². The Morgan fingerprint density at radius 3 is 2.47 bits per heavy atom. The molecule has 10 heteroatoms. The molecule has 166 valence electrons. The highest BCUT2D eigenvalue weighted by atomic mass is 16.7. The van der Waals surface area contributed by atoms with Crippen LogP contribution >= 0.6 is 0 Å². The molecule has 30 heavy (non-hydrogen) atoms. The average molecular weight is 425 g/mol. The van der Waals surface area contributed by atoms with Crippen molar-refractivity contribution in [3.05, 3.63) is 35.9 Å². The highest BCUT2D eigenvalue weighted by molar-refractivity contribution is 5.89. The van der Waals surface area contributed by atoms with Crippen molar-refractivity contribution in [1.29, 1.82) is 0 Å². The van der Waals surface area contributed by atoms with Crippen LogP contribution in [-0.2, 0) is 23.8 Å². The van der Waals surface area contributed by atoms with E-state index >= 15 is 0 Å². The first kappa shape index (κ1) is 23.7. The number of carboxylic acid groups (broad SMARTS) is 1. The van der Waals surface area contributed by atoms with Gasteiger partial charge in [-0.3, -0.25) is 9.59 Å². The van der Waals surface area contributed by atoms with E-state index in [2.05, 4.69) is 5.32 Å². The summed E-state index contributed by atoms with van der Waals surface area (Å²) in [6.07, 6.45) is -4.09. The first-order valence-corrected chi connectivity index (χ1v) is 9.64. The van der Waals surface area contributed by atoms with Crippen molar-refractivity contribution in [3.63, 3.8) is 0 Å². The third-order valence-electron chi connectivity index (χ3n) is 4.54. The van der Waals surface area contributed by atoms with Gasteiger partial charge in [0.25, 0.3) is 0 Å². The van der Waals surface area contributed by atoms with Crippen molar-refractivity contribution in [1.82, 2.24) is 5.32 Å². The number of amides is 1. The first-order chi connectivity index (χ1) is 14.3. The van der Waals surface area contributed by atoms with Crippen LogP contribution in [0.2, 0.25) is 0 Å². The van der Waals surface area contributed by atoms with E-state index in [1.807, 2.05) is 0 Å². The van der Waals surface area contributed by atoms with Crippen LogP contribution in [0.15, 0.2) is 30.3 Å². The van der Waals surface area contributed by atoms with E-state index in [1.165, 1.54) is 6.92 Å². The number of aliphatic hydroxyl groups excluding tert-OH is 2. The third-order valence-corrected chi connectivity index (χ3v) is 4.54. The number of nitrogens with one attached hydrogen (secondary N) is 1. The lowest BCUT2D eigenvalue weighted by molar-refractivity contribution is -0.269. The van der Waals surface area contributed by atoms with Crippen molar-refractivity contribution >= 4 is 17.8 Å². The van der Waals surface area contributed by atoms with Crippen molar-refractivity contribution in [2.24, 2.45) is 0 Å². The summed E-state index contributed by atoms with van der Waals surface area (Å²) in [6, 6.07) is 7.09. The van der Waals surface area contributed by atoms with Gasteiger partial charge in [-0.05, 0) is 25.0 Å². The number of unbranched alkanes of at least 4 members (excludes halogenated alkanes) is 1. The molecule has 0 aliphatic carbocycles. The van der Waals surface area contributed by atoms with Gasteiger partial charge in [0.1, 0.15) is 18.2 Å². The predicted octanol–water partition coefficient (Wildman–Crippen LogP) is 0.0663. The Morgan fingerprint density at radius 1 is 1.17 bits per heavy atom. The van der Waals surface area contributed by atoms with Crippen molar-refractivity contribution in [3.8, 4) is 0 Å². The molecule has 1 aromatic carbocycles. The molecule has 0 saturated carbocycles. The van der Waals surface area contributed by atoms with Crippen LogP contribution in [0.5, 0.6) is 0 Å². The molecule has 2 rings (SSSR count). The van der Waals surface area contributed by atoms with E-state index in [1.54, 1.807) is 30.3 Å². The molecule has 4 N–H and O–H groups in total. The Labute approximate surface area is 173 Å². The zero-order valence-corrected chi connectivity index (χ0v) is 16.6. The zero-order valence-electron chi connectivity index (χ0n) is 16.6. The summed E-state index contributed by atoms with van der Waals surface area (Å²) < 4.78 is 16.7. The summed E-state index contributed by atoms with van der Waals surface area (Å²) in [5, 5.41) is 31.4. The number of esters is 1. The second-order valence-corrected chi connectivity index (χ2v) is 6.90. The maximum absolute atomic E-state index is 12.5. The van der Waals surface area contributed by atoms with Crippen LogP contribution < -0.4 is 5.32 Å².